The lowest BCUT2D eigenvalue weighted by atomic mass is 10.3. The summed E-state index contributed by atoms with van der Waals surface area (Å²) in [4.78, 5) is 4.35. The Morgan fingerprint density at radius 2 is 2.17 bits per heavy atom. The van der Waals surface area contributed by atoms with E-state index in [0.717, 1.165) is 33.5 Å². The fraction of sp³-hybridized carbons (Fsp3) is 0.308. The highest BCUT2D eigenvalue weighted by molar-refractivity contribution is 9.11. The monoisotopic (exact) mass is 371 g/mol. The van der Waals surface area contributed by atoms with Crippen LogP contribution in [0.4, 0.5) is 11.6 Å². The number of nitrogens with one attached hydrogen (secondary N) is 1. The van der Waals surface area contributed by atoms with Gasteiger partial charge in [-0.2, -0.15) is 0 Å². The molecule has 2 rings (SSSR count). The lowest BCUT2D eigenvalue weighted by molar-refractivity contribution is 0.638. The Kier molecular flexibility index (Phi) is 4.83. The van der Waals surface area contributed by atoms with E-state index in [1.54, 1.807) is 0 Å². The first kappa shape index (κ1) is 13.6. The van der Waals surface area contributed by atoms with E-state index in [0.29, 0.717) is 0 Å². The largest absolute Gasteiger partial charge is 0.325 e. The van der Waals surface area contributed by atoms with Crippen LogP contribution in [0, 0.1) is 0 Å². The summed E-state index contributed by atoms with van der Waals surface area (Å²) in [7, 11) is 0. The van der Waals surface area contributed by atoms with Crippen LogP contribution in [-0.2, 0) is 6.54 Å². The van der Waals surface area contributed by atoms with E-state index in [2.05, 4.69) is 53.7 Å². The van der Waals surface area contributed by atoms with E-state index in [9.17, 15) is 0 Å². The fourth-order valence-electron chi connectivity index (χ4n) is 1.65. The SMILES string of the molecule is CCCCn1ccnc1Nc1ccc(Br)cc1Br. The first-order valence-corrected chi connectivity index (χ1v) is 7.52. The van der Waals surface area contributed by atoms with E-state index in [1.807, 2.05) is 30.6 Å². The van der Waals surface area contributed by atoms with Crippen molar-refractivity contribution in [1.29, 1.82) is 0 Å². The molecule has 0 saturated heterocycles. The lowest BCUT2D eigenvalue weighted by Gasteiger charge is -2.11. The van der Waals surface area contributed by atoms with Gasteiger partial charge >= 0.3 is 0 Å². The number of hydrogen-bond donors (Lipinski definition) is 1. The maximum atomic E-state index is 4.35. The molecule has 0 aliphatic heterocycles. The predicted octanol–water partition coefficient (Wildman–Crippen LogP) is 4.95. The molecular weight excluding hydrogens is 358 g/mol. The van der Waals surface area contributed by atoms with Crippen molar-refractivity contribution < 1.29 is 0 Å². The summed E-state index contributed by atoms with van der Waals surface area (Å²) in [5.74, 6) is 0.881. The van der Waals surface area contributed by atoms with Gasteiger partial charge in [-0.05, 0) is 40.5 Å². The molecule has 0 bridgehead atoms. The van der Waals surface area contributed by atoms with Crippen molar-refractivity contribution >= 4 is 43.5 Å². The van der Waals surface area contributed by atoms with Gasteiger partial charge in [0.1, 0.15) is 0 Å². The minimum Gasteiger partial charge on any atom is -0.325 e. The minimum atomic E-state index is 0.881. The maximum absolute atomic E-state index is 4.35. The third-order valence-electron chi connectivity index (χ3n) is 2.65. The molecule has 5 heteroatoms. The number of aryl methyl sites for hydroxylation is 1. The molecule has 0 radical (unpaired) electrons. The Balaban J connectivity index is 2.15. The summed E-state index contributed by atoms with van der Waals surface area (Å²) in [5, 5.41) is 3.34. The second-order valence-corrected chi connectivity index (χ2v) is 5.82. The number of halogens is 2. The molecule has 1 aromatic carbocycles. The highest BCUT2D eigenvalue weighted by Gasteiger charge is 2.05. The number of rotatable bonds is 5. The van der Waals surface area contributed by atoms with Crippen LogP contribution in [0.3, 0.4) is 0 Å². The van der Waals surface area contributed by atoms with Crippen molar-refractivity contribution in [2.75, 3.05) is 5.32 Å². The standard InChI is InChI=1S/C13H15Br2N3/c1-2-3-7-18-8-6-16-13(18)17-12-5-4-10(14)9-11(12)15/h4-6,8-9H,2-3,7H2,1H3,(H,16,17). The summed E-state index contributed by atoms with van der Waals surface area (Å²) in [6.07, 6.45) is 6.17. The molecule has 0 atom stereocenters. The zero-order valence-corrected chi connectivity index (χ0v) is 13.3. The van der Waals surface area contributed by atoms with E-state index >= 15 is 0 Å². The van der Waals surface area contributed by atoms with E-state index in [4.69, 9.17) is 0 Å². The number of nitrogens with zero attached hydrogens (tertiary/aromatic N) is 2. The molecular formula is C13H15Br2N3. The maximum Gasteiger partial charge on any atom is 0.207 e. The van der Waals surface area contributed by atoms with Gasteiger partial charge in [-0.15, -0.1) is 0 Å². The zero-order valence-electron chi connectivity index (χ0n) is 10.2. The Morgan fingerprint density at radius 3 is 2.89 bits per heavy atom. The van der Waals surface area contributed by atoms with Crippen molar-refractivity contribution in [2.24, 2.45) is 0 Å². The van der Waals surface area contributed by atoms with Crippen LogP contribution >= 0.6 is 31.9 Å². The lowest BCUT2D eigenvalue weighted by Crippen LogP contribution is -2.03. The first-order valence-electron chi connectivity index (χ1n) is 5.94. The zero-order chi connectivity index (χ0) is 13.0. The summed E-state index contributed by atoms with van der Waals surface area (Å²) in [6.45, 7) is 3.18. The number of unbranched alkanes of at least 4 members (excludes halogenated alkanes) is 1. The van der Waals surface area contributed by atoms with Crippen molar-refractivity contribution in [2.45, 2.75) is 26.3 Å². The highest BCUT2D eigenvalue weighted by Crippen LogP contribution is 2.28. The normalized spacial score (nSPS) is 10.6. The van der Waals surface area contributed by atoms with Gasteiger partial charge in [0.15, 0.2) is 0 Å². The molecule has 0 saturated carbocycles. The van der Waals surface area contributed by atoms with Crippen molar-refractivity contribution in [3.63, 3.8) is 0 Å². The molecule has 0 spiro atoms. The van der Waals surface area contributed by atoms with E-state index in [-0.39, 0.29) is 0 Å². The number of anilines is 2. The third-order valence-corrected chi connectivity index (χ3v) is 3.79. The summed E-state index contributed by atoms with van der Waals surface area (Å²) < 4.78 is 4.20. The van der Waals surface area contributed by atoms with Gasteiger partial charge in [0.05, 0.1) is 5.69 Å². The van der Waals surface area contributed by atoms with Crippen LogP contribution in [0.1, 0.15) is 19.8 Å². The number of aromatic nitrogens is 2. The second-order valence-electron chi connectivity index (χ2n) is 4.05. The van der Waals surface area contributed by atoms with Crippen LogP contribution < -0.4 is 5.32 Å². The highest BCUT2D eigenvalue weighted by atomic mass is 79.9. The Bertz CT molecular complexity index is 523. The quantitative estimate of drug-likeness (QED) is 0.804. The molecule has 1 N–H and O–H groups in total. The molecule has 0 amide bonds. The molecule has 0 aliphatic rings. The molecule has 0 unspecified atom stereocenters. The topological polar surface area (TPSA) is 29.9 Å². The summed E-state index contributed by atoms with van der Waals surface area (Å²) in [5.41, 5.74) is 1.02. The van der Waals surface area contributed by atoms with E-state index in [1.165, 1.54) is 6.42 Å². The van der Waals surface area contributed by atoms with Gasteiger partial charge in [-0.3, -0.25) is 0 Å². The smallest absolute Gasteiger partial charge is 0.207 e. The molecule has 1 heterocycles. The Morgan fingerprint density at radius 1 is 1.33 bits per heavy atom. The van der Waals surface area contributed by atoms with Crippen molar-refractivity contribution in [3.05, 3.63) is 39.5 Å². The Hall–Kier alpha value is -0.810. The van der Waals surface area contributed by atoms with Crippen LogP contribution in [-0.4, -0.2) is 9.55 Å². The number of benzene rings is 1. The van der Waals surface area contributed by atoms with E-state index < -0.39 is 0 Å². The predicted molar refractivity (Wildman–Crippen MR) is 82.3 cm³/mol. The summed E-state index contributed by atoms with van der Waals surface area (Å²) >= 11 is 6.98. The second kappa shape index (κ2) is 6.38. The summed E-state index contributed by atoms with van der Waals surface area (Å²) in [6, 6.07) is 6.04. The van der Waals surface area contributed by atoms with Crippen LogP contribution in [0.2, 0.25) is 0 Å². The fourth-order valence-corrected chi connectivity index (χ4v) is 2.80. The number of hydrogen-bond acceptors (Lipinski definition) is 2. The van der Waals surface area contributed by atoms with Crippen molar-refractivity contribution in [3.8, 4) is 0 Å². The molecule has 2 aromatic rings. The molecule has 0 fully saturated rings. The van der Waals surface area contributed by atoms with Gasteiger partial charge < -0.3 is 9.88 Å². The van der Waals surface area contributed by atoms with Gasteiger partial charge in [0.2, 0.25) is 5.95 Å². The van der Waals surface area contributed by atoms with Gasteiger partial charge in [0, 0.05) is 27.9 Å². The van der Waals surface area contributed by atoms with Crippen LogP contribution in [0.15, 0.2) is 39.5 Å². The van der Waals surface area contributed by atoms with Gasteiger partial charge in [-0.25, -0.2) is 4.98 Å². The first-order chi connectivity index (χ1) is 8.70. The van der Waals surface area contributed by atoms with Crippen molar-refractivity contribution in [1.82, 2.24) is 9.55 Å². The average molecular weight is 373 g/mol. The van der Waals surface area contributed by atoms with Gasteiger partial charge in [0.25, 0.3) is 0 Å². The Labute approximate surface area is 124 Å². The molecule has 96 valence electrons. The minimum absolute atomic E-state index is 0.881. The molecule has 1 aromatic heterocycles. The molecule has 0 aliphatic carbocycles. The average Bonchev–Trinajstić information content (AvgIpc) is 2.77. The van der Waals surface area contributed by atoms with Crippen LogP contribution in [0.25, 0.3) is 0 Å². The van der Waals surface area contributed by atoms with Crippen LogP contribution in [0.5, 0.6) is 0 Å². The molecule has 18 heavy (non-hydrogen) atoms. The van der Waals surface area contributed by atoms with Gasteiger partial charge in [-0.1, -0.05) is 29.3 Å². The number of imidazole rings is 1. The third kappa shape index (κ3) is 3.36. The molecule has 3 nitrogen and oxygen atoms in total.